The molecule has 5 nitrogen and oxygen atoms in total. The minimum absolute atomic E-state index is 0.498. The number of nitro groups is 1. The highest BCUT2D eigenvalue weighted by molar-refractivity contribution is 5.55. The predicted molar refractivity (Wildman–Crippen MR) is 69.4 cm³/mol. The van der Waals surface area contributed by atoms with E-state index in [-0.39, 0.29) is 0 Å². The second-order valence-corrected chi connectivity index (χ2v) is 3.71. The molecule has 0 radical (unpaired) electrons. The van der Waals surface area contributed by atoms with Crippen molar-refractivity contribution in [3.8, 4) is 11.5 Å². The third-order valence-corrected chi connectivity index (χ3v) is 2.33. The standard InChI is InChI=1S/C13H17NO4/c1-3-4-9-18-13-10-11(7-8-14(15)16)5-6-12(13)17-2/h5-8,10H,3-4,9H2,1-2H3/b8-7+. The molecule has 1 aromatic rings. The SMILES string of the molecule is CCCCOc1cc(/C=C/[N+](=O)[O-])ccc1OC. The summed E-state index contributed by atoms with van der Waals surface area (Å²) in [6.45, 7) is 2.69. The number of hydrogen-bond acceptors (Lipinski definition) is 4. The van der Waals surface area contributed by atoms with E-state index in [1.807, 2.05) is 0 Å². The van der Waals surface area contributed by atoms with Gasteiger partial charge in [-0.05, 0) is 24.1 Å². The van der Waals surface area contributed by atoms with Gasteiger partial charge in [0.2, 0.25) is 6.20 Å². The van der Waals surface area contributed by atoms with Crippen LogP contribution in [0.1, 0.15) is 25.3 Å². The summed E-state index contributed by atoms with van der Waals surface area (Å²) < 4.78 is 10.8. The van der Waals surface area contributed by atoms with E-state index in [9.17, 15) is 10.1 Å². The van der Waals surface area contributed by atoms with Crippen molar-refractivity contribution in [1.82, 2.24) is 0 Å². The monoisotopic (exact) mass is 251 g/mol. The molecule has 0 unspecified atom stereocenters. The van der Waals surface area contributed by atoms with Crippen molar-refractivity contribution >= 4 is 6.08 Å². The van der Waals surface area contributed by atoms with E-state index in [0.717, 1.165) is 19.0 Å². The van der Waals surface area contributed by atoms with Crippen LogP contribution in [-0.4, -0.2) is 18.6 Å². The zero-order chi connectivity index (χ0) is 13.4. The summed E-state index contributed by atoms with van der Waals surface area (Å²) in [5.74, 6) is 1.24. The van der Waals surface area contributed by atoms with Gasteiger partial charge in [-0.15, -0.1) is 0 Å². The van der Waals surface area contributed by atoms with Gasteiger partial charge in [0, 0.05) is 6.08 Å². The third-order valence-electron chi connectivity index (χ3n) is 2.33. The summed E-state index contributed by atoms with van der Waals surface area (Å²) >= 11 is 0. The van der Waals surface area contributed by atoms with Crippen LogP contribution < -0.4 is 9.47 Å². The summed E-state index contributed by atoms with van der Waals surface area (Å²) in [5.41, 5.74) is 0.707. The summed E-state index contributed by atoms with van der Waals surface area (Å²) in [5, 5.41) is 10.3. The molecule has 0 aliphatic carbocycles. The number of rotatable bonds is 7. The van der Waals surface area contributed by atoms with Gasteiger partial charge in [0.25, 0.3) is 0 Å². The molecule has 0 aliphatic heterocycles. The molecular weight excluding hydrogens is 234 g/mol. The van der Waals surface area contributed by atoms with Crippen molar-refractivity contribution in [3.05, 3.63) is 40.1 Å². The first-order valence-electron chi connectivity index (χ1n) is 5.80. The summed E-state index contributed by atoms with van der Waals surface area (Å²) in [7, 11) is 1.56. The second kappa shape index (κ2) is 7.32. The minimum Gasteiger partial charge on any atom is -0.493 e. The van der Waals surface area contributed by atoms with Gasteiger partial charge in [-0.3, -0.25) is 10.1 Å². The lowest BCUT2D eigenvalue weighted by Gasteiger charge is -2.10. The first kappa shape index (κ1) is 14.0. The molecule has 18 heavy (non-hydrogen) atoms. The quantitative estimate of drug-likeness (QED) is 0.424. The Hall–Kier alpha value is -2.04. The first-order chi connectivity index (χ1) is 8.67. The molecule has 0 fully saturated rings. The molecule has 0 spiro atoms. The molecule has 0 heterocycles. The maximum Gasteiger partial charge on any atom is 0.235 e. The van der Waals surface area contributed by atoms with Gasteiger partial charge in [0.1, 0.15) is 0 Å². The predicted octanol–water partition coefficient (Wildman–Crippen LogP) is 3.12. The van der Waals surface area contributed by atoms with Crippen LogP contribution in [-0.2, 0) is 0 Å². The van der Waals surface area contributed by atoms with Crippen LogP contribution in [0.25, 0.3) is 6.08 Å². The van der Waals surface area contributed by atoms with E-state index in [1.165, 1.54) is 6.08 Å². The van der Waals surface area contributed by atoms with Crippen LogP contribution in [0.4, 0.5) is 0 Å². The Bertz CT molecular complexity index is 429. The lowest BCUT2D eigenvalue weighted by molar-refractivity contribution is -0.400. The Kier molecular flexibility index (Phi) is 5.70. The maximum atomic E-state index is 10.3. The highest BCUT2D eigenvalue weighted by Crippen LogP contribution is 2.28. The molecule has 98 valence electrons. The Labute approximate surface area is 106 Å². The van der Waals surface area contributed by atoms with Crippen molar-refractivity contribution in [1.29, 1.82) is 0 Å². The Morgan fingerprint density at radius 2 is 2.17 bits per heavy atom. The van der Waals surface area contributed by atoms with Crippen LogP contribution in [0.3, 0.4) is 0 Å². The number of benzene rings is 1. The molecule has 1 aromatic carbocycles. The molecule has 0 bridgehead atoms. The average molecular weight is 251 g/mol. The fraction of sp³-hybridized carbons (Fsp3) is 0.385. The molecule has 0 saturated heterocycles. The highest BCUT2D eigenvalue weighted by atomic mass is 16.6. The van der Waals surface area contributed by atoms with Gasteiger partial charge in [-0.25, -0.2) is 0 Å². The van der Waals surface area contributed by atoms with E-state index in [1.54, 1.807) is 25.3 Å². The molecule has 0 amide bonds. The van der Waals surface area contributed by atoms with Gasteiger partial charge in [-0.1, -0.05) is 19.4 Å². The molecule has 0 aromatic heterocycles. The van der Waals surface area contributed by atoms with Crippen molar-refractivity contribution in [3.63, 3.8) is 0 Å². The zero-order valence-electron chi connectivity index (χ0n) is 10.6. The lowest BCUT2D eigenvalue weighted by Crippen LogP contribution is -1.99. The zero-order valence-corrected chi connectivity index (χ0v) is 10.6. The van der Waals surface area contributed by atoms with Crippen LogP contribution in [0.15, 0.2) is 24.4 Å². The van der Waals surface area contributed by atoms with Gasteiger partial charge >= 0.3 is 0 Å². The first-order valence-corrected chi connectivity index (χ1v) is 5.80. The Morgan fingerprint density at radius 3 is 2.78 bits per heavy atom. The van der Waals surface area contributed by atoms with E-state index in [2.05, 4.69) is 6.92 Å². The maximum absolute atomic E-state index is 10.3. The van der Waals surface area contributed by atoms with Crippen molar-refractivity contribution < 1.29 is 14.4 Å². The molecular formula is C13H17NO4. The highest BCUT2D eigenvalue weighted by Gasteiger charge is 2.05. The fourth-order valence-corrected chi connectivity index (χ4v) is 1.38. The summed E-state index contributed by atoms with van der Waals surface area (Å²) in [6.07, 6.45) is 4.32. The normalized spacial score (nSPS) is 10.6. The average Bonchev–Trinajstić information content (AvgIpc) is 2.37. The van der Waals surface area contributed by atoms with Gasteiger partial charge in [0.15, 0.2) is 11.5 Å². The largest absolute Gasteiger partial charge is 0.493 e. The van der Waals surface area contributed by atoms with E-state index in [4.69, 9.17) is 9.47 Å². The van der Waals surface area contributed by atoms with Gasteiger partial charge < -0.3 is 9.47 Å². The fourth-order valence-electron chi connectivity index (χ4n) is 1.38. The number of ether oxygens (including phenoxy) is 2. The van der Waals surface area contributed by atoms with E-state index >= 15 is 0 Å². The van der Waals surface area contributed by atoms with Crippen LogP contribution in [0.5, 0.6) is 11.5 Å². The Balaban J connectivity index is 2.83. The van der Waals surface area contributed by atoms with Crippen LogP contribution in [0, 0.1) is 10.1 Å². The topological polar surface area (TPSA) is 61.6 Å². The van der Waals surface area contributed by atoms with Crippen molar-refractivity contribution in [2.75, 3.05) is 13.7 Å². The number of methoxy groups -OCH3 is 1. The summed E-state index contributed by atoms with van der Waals surface area (Å²) in [4.78, 5) is 9.76. The molecule has 5 heteroatoms. The van der Waals surface area contributed by atoms with Crippen LogP contribution >= 0.6 is 0 Å². The van der Waals surface area contributed by atoms with Gasteiger partial charge in [-0.2, -0.15) is 0 Å². The summed E-state index contributed by atoms with van der Waals surface area (Å²) in [6, 6.07) is 5.21. The second-order valence-electron chi connectivity index (χ2n) is 3.71. The minimum atomic E-state index is -0.498. The molecule has 1 rings (SSSR count). The Morgan fingerprint density at radius 1 is 1.39 bits per heavy atom. The number of hydrogen-bond donors (Lipinski definition) is 0. The van der Waals surface area contributed by atoms with Crippen molar-refractivity contribution in [2.24, 2.45) is 0 Å². The molecule has 0 N–H and O–H groups in total. The lowest BCUT2D eigenvalue weighted by atomic mass is 10.2. The number of unbranched alkanes of at least 4 members (excludes halogenated alkanes) is 1. The smallest absolute Gasteiger partial charge is 0.235 e. The third kappa shape index (κ3) is 4.45. The molecule has 0 saturated carbocycles. The molecule has 0 atom stereocenters. The van der Waals surface area contributed by atoms with E-state index < -0.39 is 4.92 Å². The molecule has 0 aliphatic rings. The number of nitrogens with zero attached hydrogens (tertiary/aromatic N) is 1. The van der Waals surface area contributed by atoms with Crippen LogP contribution in [0.2, 0.25) is 0 Å². The van der Waals surface area contributed by atoms with E-state index in [0.29, 0.717) is 23.7 Å². The van der Waals surface area contributed by atoms with Crippen molar-refractivity contribution in [2.45, 2.75) is 19.8 Å². The van der Waals surface area contributed by atoms with Gasteiger partial charge in [0.05, 0.1) is 18.6 Å².